The Labute approximate surface area is 130 Å². The number of nitrogens with two attached hydrogens (primary N) is 1. The highest BCUT2D eigenvalue weighted by atomic mass is 35.5. The number of carbonyl (C=O) groups excluding carboxylic acids is 2. The average molecular weight is 310 g/mol. The summed E-state index contributed by atoms with van der Waals surface area (Å²) in [4.78, 5) is 23.7. The van der Waals surface area contributed by atoms with E-state index in [-0.39, 0.29) is 29.6 Å². The zero-order valence-corrected chi connectivity index (χ0v) is 12.5. The van der Waals surface area contributed by atoms with Crippen molar-refractivity contribution in [2.24, 2.45) is 17.1 Å². The monoisotopic (exact) mass is 309 g/mol. The topological polar surface area (TPSA) is 84.2 Å². The third-order valence-corrected chi connectivity index (χ3v) is 4.56. The van der Waals surface area contributed by atoms with Gasteiger partial charge < -0.3 is 16.4 Å². The van der Waals surface area contributed by atoms with Crippen molar-refractivity contribution in [1.29, 1.82) is 0 Å². The lowest BCUT2D eigenvalue weighted by molar-refractivity contribution is -0.118. The van der Waals surface area contributed by atoms with Gasteiger partial charge in [0.1, 0.15) is 0 Å². The highest BCUT2D eigenvalue weighted by Crippen LogP contribution is 2.58. The average Bonchev–Trinajstić information content (AvgIpc) is 3.13. The van der Waals surface area contributed by atoms with Crippen LogP contribution in [0, 0.1) is 11.3 Å². The summed E-state index contributed by atoms with van der Waals surface area (Å²) in [5.74, 6) is -0.431. The second kappa shape index (κ2) is 6.03. The first-order valence-corrected chi connectivity index (χ1v) is 7.03. The molecule has 0 aromatic heterocycles. The summed E-state index contributed by atoms with van der Waals surface area (Å²) in [5.41, 5.74) is 6.39. The third-order valence-electron chi connectivity index (χ3n) is 4.56. The number of rotatable bonds is 3. The highest BCUT2D eigenvalue weighted by Gasteiger charge is 2.57. The Morgan fingerprint density at radius 3 is 2.57 bits per heavy atom. The molecule has 3 rings (SSSR count). The molecule has 6 heteroatoms. The van der Waals surface area contributed by atoms with Crippen LogP contribution in [0.25, 0.3) is 0 Å². The van der Waals surface area contributed by atoms with Gasteiger partial charge in [0.25, 0.3) is 5.91 Å². The fraction of sp³-hybridized carbons (Fsp3) is 0.467. The Kier molecular flexibility index (Phi) is 4.54. The maximum absolute atomic E-state index is 12.3. The number of hydrogen-bond acceptors (Lipinski definition) is 3. The maximum atomic E-state index is 12.3. The number of para-hydroxylation sites is 1. The van der Waals surface area contributed by atoms with Crippen molar-refractivity contribution in [3.8, 4) is 0 Å². The largest absolute Gasteiger partial charge is 0.366 e. The fourth-order valence-electron chi connectivity index (χ4n) is 3.22. The van der Waals surface area contributed by atoms with E-state index in [0.29, 0.717) is 11.3 Å². The summed E-state index contributed by atoms with van der Waals surface area (Å²) in [6, 6.07) is 6.87. The molecule has 4 N–H and O–H groups in total. The van der Waals surface area contributed by atoms with Crippen LogP contribution in [0.2, 0.25) is 0 Å². The molecule has 1 spiro atoms. The minimum atomic E-state index is -0.520. The number of halogens is 1. The number of primary amides is 1. The first-order valence-electron chi connectivity index (χ1n) is 7.03. The van der Waals surface area contributed by atoms with Gasteiger partial charge in [0.05, 0.1) is 11.3 Å². The van der Waals surface area contributed by atoms with Crippen LogP contribution >= 0.6 is 12.4 Å². The minimum absolute atomic E-state index is 0. The number of benzene rings is 1. The molecule has 1 aromatic carbocycles. The Hall–Kier alpha value is -1.59. The number of hydrogen-bond donors (Lipinski definition) is 3. The van der Waals surface area contributed by atoms with Crippen LogP contribution in [0.5, 0.6) is 0 Å². The molecule has 0 radical (unpaired) electrons. The van der Waals surface area contributed by atoms with E-state index in [1.165, 1.54) is 0 Å². The molecule has 0 bridgehead atoms. The molecule has 5 nitrogen and oxygen atoms in total. The van der Waals surface area contributed by atoms with E-state index in [4.69, 9.17) is 5.73 Å². The quantitative estimate of drug-likeness (QED) is 0.792. The number of carbonyl (C=O) groups is 2. The molecule has 21 heavy (non-hydrogen) atoms. The first-order chi connectivity index (χ1) is 9.62. The van der Waals surface area contributed by atoms with Crippen molar-refractivity contribution in [2.45, 2.75) is 19.3 Å². The molecule has 1 atom stereocenters. The van der Waals surface area contributed by atoms with Crippen molar-refractivity contribution in [1.82, 2.24) is 5.32 Å². The van der Waals surface area contributed by atoms with Crippen molar-refractivity contribution in [2.75, 3.05) is 18.4 Å². The lowest BCUT2D eigenvalue weighted by Gasteiger charge is -2.23. The van der Waals surface area contributed by atoms with Crippen LogP contribution in [0.15, 0.2) is 24.3 Å². The lowest BCUT2D eigenvalue weighted by Crippen LogP contribution is -2.31. The maximum Gasteiger partial charge on any atom is 0.250 e. The third kappa shape index (κ3) is 3.04. The molecular weight excluding hydrogens is 290 g/mol. The number of nitrogens with one attached hydrogen (secondary N) is 2. The van der Waals surface area contributed by atoms with Crippen LogP contribution < -0.4 is 16.4 Å². The van der Waals surface area contributed by atoms with Gasteiger partial charge in [-0.2, -0.15) is 0 Å². The number of piperidine rings is 1. The van der Waals surface area contributed by atoms with Crippen LogP contribution in [-0.4, -0.2) is 24.9 Å². The second-order valence-corrected chi connectivity index (χ2v) is 5.77. The molecule has 1 heterocycles. The van der Waals surface area contributed by atoms with Crippen LogP contribution in [0.3, 0.4) is 0 Å². The highest BCUT2D eigenvalue weighted by molar-refractivity contribution is 6.04. The zero-order valence-electron chi connectivity index (χ0n) is 11.7. The summed E-state index contributed by atoms with van der Waals surface area (Å²) in [6.07, 6.45) is 3.07. The predicted octanol–water partition coefficient (Wildman–Crippen LogP) is 1.54. The lowest BCUT2D eigenvalue weighted by atomic mass is 9.91. The van der Waals surface area contributed by atoms with Crippen molar-refractivity contribution < 1.29 is 9.59 Å². The molecule has 1 unspecified atom stereocenters. The van der Waals surface area contributed by atoms with Gasteiger partial charge in [0, 0.05) is 5.92 Å². The molecule has 1 saturated heterocycles. The van der Waals surface area contributed by atoms with Gasteiger partial charge in [-0.25, -0.2) is 0 Å². The van der Waals surface area contributed by atoms with E-state index in [0.717, 1.165) is 32.4 Å². The first kappa shape index (κ1) is 15.8. The van der Waals surface area contributed by atoms with Crippen LogP contribution in [-0.2, 0) is 4.79 Å². The Morgan fingerprint density at radius 1 is 1.24 bits per heavy atom. The van der Waals surface area contributed by atoms with Gasteiger partial charge in [-0.3, -0.25) is 9.59 Å². The predicted molar refractivity (Wildman–Crippen MR) is 83.5 cm³/mol. The summed E-state index contributed by atoms with van der Waals surface area (Å²) < 4.78 is 0. The minimum Gasteiger partial charge on any atom is -0.366 e. The van der Waals surface area contributed by atoms with E-state index in [1.807, 2.05) is 0 Å². The molecule has 2 fully saturated rings. The summed E-state index contributed by atoms with van der Waals surface area (Å²) in [7, 11) is 0. The number of anilines is 1. The molecule has 1 aliphatic heterocycles. The van der Waals surface area contributed by atoms with E-state index < -0.39 is 5.91 Å². The van der Waals surface area contributed by atoms with Gasteiger partial charge in [0.15, 0.2) is 0 Å². The van der Waals surface area contributed by atoms with Crippen molar-refractivity contribution >= 4 is 29.9 Å². The molecule has 1 saturated carbocycles. The van der Waals surface area contributed by atoms with E-state index in [9.17, 15) is 9.59 Å². The van der Waals surface area contributed by atoms with Gasteiger partial charge in [-0.15, -0.1) is 12.4 Å². The molecule has 2 amide bonds. The summed E-state index contributed by atoms with van der Waals surface area (Å²) >= 11 is 0. The Morgan fingerprint density at radius 2 is 1.90 bits per heavy atom. The van der Waals surface area contributed by atoms with Crippen LogP contribution in [0.4, 0.5) is 5.69 Å². The van der Waals surface area contributed by atoms with Crippen molar-refractivity contribution in [3.05, 3.63) is 29.8 Å². The Balaban J connectivity index is 0.00000161. The molecule has 1 aromatic rings. The van der Waals surface area contributed by atoms with E-state index >= 15 is 0 Å². The van der Waals surface area contributed by atoms with E-state index in [1.54, 1.807) is 24.3 Å². The summed E-state index contributed by atoms with van der Waals surface area (Å²) in [5, 5.41) is 6.19. The zero-order chi connectivity index (χ0) is 14.2. The molecular formula is C15H20ClN3O2. The van der Waals surface area contributed by atoms with Gasteiger partial charge in [-0.1, -0.05) is 12.1 Å². The van der Waals surface area contributed by atoms with Gasteiger partial charge in [-0.05, 0) is 49.9 Å². The molecule has 2 aliphatic rings. The Bertz CT molecular complexity index is 556. The smallest absolute Gasteiger partial charge is 0.250 e. The van der Waals surface area contributed by atoms with E-state index in [2.05, 4.69) is 10.6 Å². The molecule has 114 valence electrons. The number of amides is 2. The van der Waals surface area contributed by atoms with Crippen LogP contribution in [0.1, 0.15) is 29.6 Å². The van der Waals surface area contributed by atoms with Gasteiger partial charge >= 0.3 is 0 Å². The van der Waals surface area contributed by atoms with Gasteiger partial charge in [0.2, 0.25) is 5.91 Å². The van der Waals surface area contributed by atoms with Crippen molar-refractivity contribution in [3.63, 3.8) is 0 Å². The normalized spacial score (nSPS) is 22.2. The fourth-order valence-corrected chi connectivity index (χ4v) is 3.22. The SMILES string of the molecule is Cl.NC(=O)c1ccccc1NC(=O)C1CC12CCNCC2. The summed E-state index contributed by atoms with van der Waals surface area (Å²) in [6.45, 7) is 1.98. The molecule has 1 aliphatic carbocycles. The standard InChI is InChI=1S/C15H19N3O2.ClH/c16-13(19)10-3-1-2-4-12(10)18-14(20)11-9-15(11)5-7-17-8-6-15;/h1-4,11,17H,5-9H2,(H2,16,19)(H,18,20);1H. The second-order valence-electron chi connectivity index (χ2n) is 5.77.